The molecule has 0 aromatic heterocycles. The van der Waals surface area contributed by atoms with E-state index in [4.69, 9.17) is 9.84 Å². The average Bonchev–Trinajstić information content (AvgIpc) is 2.69. The number of carbonyl (C=O) groups is 3. The van der Waals surface area contributed by atoms with Crippen molar-refractivity contribution in [1.29, 1.82) is 0 Å². The number of carboxylic acid groups (broad SMARTS) is 1. The van der Waals surface area contributed by atoms with Crippen LogP contribution in [0.4, 0.5) is 10.5 Å². The van der Waals surface area contributed by atoms with Crippen molar-refractivity contribution < 1.29 is 24.2 Å². The number of carbonyl (C=O) groups excluding carboxylic acids is 2. The number of nitrogens with one attached hydrogen (secondary N) is 1. The molecule has 0 radical (unpaired) electrons. The first-order chi connectivity index (χ1) is 15.0. The van der Waals surface area contributed by atoms with Crippen LogP contribution in [0.1, 0.15) is 64.9 Å². The maximum atomic E-state index is 12.7. The summed E-state index contributed by atoms with van der Waals surface area (Å²) in [6.07, 6.45) is 2.61. The molecule has 0 saturated carbocycles. The van der Waals surface area contributed by atoms with E-state index < -0.39 is 11.6 Å². The summed E-state index contributed by atoms with van der Waals surface area (Å²) in [6, 6.07) is 8.07. The second-order valence-electron chi connectivity index (χ2n) is 9.12. The average molecular weight is 450 g/mol. The van der Waals surface area contributed by atoms with Gasteiger partial charge in [0, 0.05) is 52.3 Å². The highest BCUT2D eigenvalue weighted by atomic mass is 16.6. The van der Waals surface area contributed by atoms with E-state index in [1.54, 1.807) is 4.90 Å². The van der Waals surface area contributed by atoms with Gasteiger partial charge in [-0.3, -0.25) is 9.59 Å². The standard InChI is InChI=1S/C24H39N3O5/c1-24(2,3)32-23(31)27(18-19-12-14-20(15-13-19)26(4)5)17-9-8-16-25-21(28)10-6-7-11-22(29)30/h12-15H,6-11,16-18H2,1-5H3,(H,25,28)(H,29,30). The molecule has 0 fully saturated rings. The van der Waals surface area contributed by atoms with Gasteiger partial charge in [-0.2, -0.15) is 0 Å². The van der Waals surface area contributed by atoms with Crippen LogP contribution in [0.3, 0.4) is 0 Å². The molecule has 2 amide bonds. The number of hydrogen-bond acceptors (Lipinski definition) is 5. The van der Waals surface area contributed by atoms with Gasteiger partial charge in [0.1, 0.15) is 5.60 Å². The highest BCUT2D eigenvalue weighted by Crippen LogP contribution is 2.16. The van der Waals surface area contributed by atoms with Crippen LogP contribution in [0.5, 0.6) is 0 Å². The molecule has 0 saturated heterocycles. The third-order valence-electron chi connectivity index (χ3n) is 4.70. The summed E-state index contributed by atoms with van der Waals surface area (Å²) in [4.78, 5) is 38.7. The molecule has 1 rings (SSSR count). The molecule has 1 aromatic rings. The molecule has 0 aliphatic heterocycles. The van der Waals surface area contributed by atoms with Gasteiger partial charge >= 0.3 is 12.1 Å². The van der Waals surface area contributed by atoms with Gasteiger partial charge in [-0.1, -0.05) is 12.1 Å². The van der Waals surface area contributed by atoms with E-state index in [9.17, 15) is 14.4 Å². The fourth-order valence-electron chi connectivity index (χ4n) is 2.99. The van der Waals surface area contributed by atoms with Crippen molar-refractivity contribution in [3.8, 4) is 0 Å². The summed E-state index contributed by atoms with van der Waals surface area (Å²) in [7, 11) is 3.97. The van der Waals surface area contributed by atoms with E-state index >= 15 is 0 Å². The number of ether oxygens (including phenoxy) is 1. The zero-order chi connectivity index (χ0) is 24.1. The van der Waals surface area contributed by atoms with Crippen molar-refractivity contribution in [3.63, 3.8) is 0 Å². The summed E-state index contributed by atoms with van der Waals surface area (Å²) in [6.45, 7) is 7.05. The van der Waals surface area contributed by atoms with E-state index in [-0.39, 0.29) is 18.4 Å². The molecule has 1 aromatic carbocycles. The van der Waals surface area contributed by atoms with Crippen LogP contribution >= 0.6 is 0 Å². The van der Waals surface area contributed by atoms with Crippen LogP contribution in [0.15, 0.2) is 24.3 Å². The number of benzene rings is 1. The molecular weight excluding hydrogens is 410 g/mol. The summed E-state index contributed by atoms with van der Waals surface area (Å²) >= 11 is 0. The Morgan fingerprint density at radius 2 is 1.59 bits per heavy atom. The smallest absolute Gasteiger partial charge is 0.410 e. The van der Waals surface area contributed by atoms with Crippen LogP contribution in [0.25, 0.3) is 0 Å². The molecule has 0 atom stereocenters. The highest BCUT2D eigenvalue weighted by molar-refractivity contribution is 5.75. The van der Waals surface area contributed by atoms with Crippen LogP contribution in [0.2, 0.25) is 0 Å². The van der Waals surface area contributed by atoms with Crippen molar-refractivity contribution in [2.24, 2.45) is 0 Å². The first kappa shape index (κ1) is 27.3. The number of aliphatic carboxylic acids is 1. The molecule has 0 aliphatic carbocycles. The van der Waals surface area contributed by atoms with Gasteiger partial charge in [0.05, 0.1) is 0 Å². The van der Waals surface area contributed by atoms with Crippen LogP contribution in [-0.2, 0) is 20.9 Å². The Kier molecular flexibility index (Phi) is 11.6. The Hall–Kier alpha value is -2.77. The monoisotopic (exact) mass is 449 g/mol. The second-order valence-corrected chi connectivity index (χ2v) is 9.12. The topological polar surface area (TPSA) is 99.2 Å². The lowest BCUT2D eigenvalue weighted by Crippen LogP contribution is -2.37. The third kappa shape index (κ3) is 12.2. The Morgan fingerprint density at radius 3 is 2.16 bits per heavy atom. The highest BCUT2D eigenvalue weighted by Gasteiger charge is 2.22. The van der Waals surface area contributed by atoms with Crippen molar-refractivity contribution in [2.45, 2.75) is 71.4 Å². The Labute approximate surface area is 191 Å². The number of amides is 2. The van der Waals surface area contributed by atoms with Gasteiger partial charge in [-0.25, -0.2) is 4.79 Å². The zero-order valence-electron chi connectivity index (χ0n) is 20.1. The summed E-state index contributed by atoms with van der Waals surface area (Å²) < 4.78 is 5.57. The fraction of sp³-hybridized carbons (Fsp3) is 0.625. The Bertz CT molecular complexity index is 726. The lowest BCUT2D eigenvalue weighted by molar-refractivity contribution is -0.137. The molecule has 2 N–H and O–H groups in total. The van der Waals surface area contributed by atoms with Crippen molar-refractivity contribution >= 4 is 23.7 Å². The van der Waals surface area contributed by atoms with E-state index in [1.807, 2.05) is 64.0 Å². The maximum Gasteiger partial charge on any atom is 0.410 e. The van der Waals surface area contributed by atoms with E-state index in [0.29, 0.717) is 38.9 Å². The molecule has 8 nitrogen and oxygen atoms in total. The van der Waals surface area contributed by atoms with Crippen LogP contribution in [0, 0.1) is 0 Å². The largest absolute Gasteiger partial charge is 0.481 e. The molecule has 32 heavy (non-hydrogen) atoms. The SMILES string of the molecule is CN(C)c1ccc(CN(CCCCNC(=O)CCCCC(=O)O)C(=O)OC(C)(C)C)cc1. The minimum Gasteiger partial charge on any atom is -0.481 e. The van der Waals surface area contributed by atoms with Crippen molar-refractivity contribution in [1.82, 2.24) is 10.2 Å². The summed E-state index contributed by atoms with van der Waals surface area (Å²) in [5.41, 5.74) is 1.55. The summed E-state index contributed by atoms with van der Waals surface area (Å²) in [5.74, 6) is -0.908. The quantitative estimate of drug-likeness (QED) is 0.441. The van der Waals surface area contributed by atoms with Gasteiger partial charge in [0.15, 0.2) is 0 Å². The van der Waals surface area contributed by atoms with Gasteiger partial charge in [-0.05, 0) is 64.2 Å². The molecule has 0 heterocycles. The fourth-order valence-corrected chi connectivity index (χ4v) is 2.99. The van der Waals surface area contributed by atoms with Gasteiger partial charge < -0.3 is 25.0 Å². The number of anilines is 1. The summed E-state index contributed by atoms with van der Waals surface area (Å²) in [5, 5.41) is 11.5. The lowest BCUT2D eigenvalue weighted by Gasteiger charge is -2.27. The van der Waals surface area contributed by atoms with Crippen molar-refractivity contribution in [3.05, 3.63) is 29.8 Å². The number of carboxylic acids is 1. The molecule has 8 heteroatoms. The zero-order valence-corrected chi connectivity index (χ0v) is 20.1. The first-order valence-electron chi connectivity index (χ1n) is 11.2. The van der Waals surface area contributed by atoms with Gasteiger partial charge in [0.25, 0.3) is 0 Å². The molecular formula is C24H39N3O5. The Morgan fingerprint density at radius 1 is 0.969 bits per heavy atom. The number of unbranched alkanes of at least 4 members (excludes halogenated alkanes) is 2. The number of hydrogen-bond donors (Lipinski definition) is 2. The molecule has 180 valence electrons. The van der Waals surface area contributed by atoms with E-state index in [1.165, 1.54) is 0 Å². The molecule has 0 spiro atoms. The minimum atomic E-state index is -0.839. The van der Waals surface area contributed by atoms with E-state index in [0.717, 1.165) is 24.1 Å². The number of nitrogens with zero attached hydrogens (tertiary/aromatic N) is 2. The molecule has 0 aliphatic rings. The first-order valence-corrected chi connectivity index (χ1v) is 11.2. The van der Waals surface area contributed by atoms with Crippen molar-refractivity contribution in [2.75, 3.05) is 32.1 Å². The van der Waals surface area contributed by atoms with Crippen LogP contribution in [-0.4, -0.2) is 60.8 Å². The minimum absolute atomic E-state index is 0.0691. The number of rotatable bonds is 13. The van der Waals surface area contributed by atoms with Gasteiger partial charge in [0.2, 0.25) is 5.91 Å². The predicted molar refractivity (Wildman–Crippen MR) is 126 cm³/mol. The Balaban J connectivity index is 2.49. The normalized spacial score (nSPS) is 11.0. The second kappa shape index (κ2) is 13.6. The molecule has 0 unspecified atom stereocenters. The maximum absolute atomic E-state index is 12.7. The van der Waals surface area contributed by atoms with E-state index in [2.05, 4.69) is 5.32 Å². The molecule has 0 bridgehead atoms. The lowest BCUT2D eigenvalue weighted by atomic mass is 10.1. The third-order valence-corrected chi connectivity index (χ3v) is 4.70. The van der Waals surface area contributed by atoms with Gasteiger partial charge in [-0.15, -0.1) is 0 Å². The van der Waals surface area contributed by atoms with Crippen LogP contribution < -0.4 is 10.2 Å². The predicted octanol–water partition coefficient (Wildman–Crippen LogP) is 4.03.